The molecule has 1 aliphatic rings. The summed E-state index contributed by atoms with van der Waals surface area (Å²) in [6.07, 6.45) is 5.03. The van der Waals surface area contributed by atoms with Crippen LogP contribution >= 0.6 is 0 Å². The van der Waals surface area contributed by atoms with Crippen LogP contribution in [-0.2, 0) is 13.0 Å². The van der Waals surface area contributed by atoms with Crippen molar-refractivity contribution in [3.63, 3.8) is 0 Å². The molecule has 2 rings (SSSR count). The van der Waals surface area contributed by atoms with Crippen LogP contribution in [0.1, 0.15) is 37.3 Å². The monoisotopic (exact) mass is 219 g/mol. The molecular weight excluding hydrogens is 198 g/mol. The predicted molar refractivity (Wildman–Crippen MR) is 66.9 cm³/mol. The fraction of sp³-hybridized carbons (Fsp3) is 0.571. The molecule has 1 aromatic carbocycles. The number of ether oxygens (including phenoxy) is 1. The Balaban J connectivity index is 2.06. The van der Waals surface area contributed by atoms with Crippen molar-refractivity contribution >= 4 is 0 Å². The normalized spacial score (nSPS) is 19.2. The van der Waals surface area contributed by atoms with Gasteiger partial charge in [0.15, 0.2) is 0 Å². The summed E-state index contributed by atoms with van der Waals surface area (Å²) in [5, 5.41) is 3.61. The minimum Gasteiger partial charge on any atom is -0.497 e. The molecule has 0 amide bonds. The molecule has 1 atom stereocenters. The highest BCUT2D eigenvalue weighted by Gasteiger charge is 2.17. The Morgan fingerprint density at radius 2 is 2.25 bits per heavy atom. The molecule has 16 heavy (non-hydrogen) atoms. The van der Waals surface area contributed by atoms with Crippen LogP contribution in [0, 0.1) is 0 Å². The first-order chi connectivity index (χ1) is 7.83. The maximum atomic E-state index is 5.28. The SMILES string of the molecule is CCCCC1Cc2cc(OC)ccc2CN1. The van der Waals surface area contributed by atoms with Crippen molar-refractivity contribution in [2.75, 3.05) is 7.11 Å². The largest absolute Gasteiger partial charge is 0.497 e. The van der Waals surface area contributed by atoms with Gasteiger partial charge >= 0.3 is 0 Å². The molecule has 0 radical (unpaired) electrons. The first kappa shape index (κ1) is 11.5. The Morgan fingerprint density at radius 3 is 3.00 bits per heavy atom. The molecule has 1 N–H and O–H groups in total. The lowest BCUT2D eigenvalue weighted by molar-refractivity contribution is 0.408. The van der Waals surface area contributed by atoms with Gasteiger partial charge in [0.1, 0.15) is 5.75 Å². The number of unbranched alkanes of at least 4 members (excludes halogenated alkanes) is 1. The zero-order chi connectivity index (χ0) is 11.4. The van der Waals surface area contributed by atoms with E-state index < -0.39 is 0 Å². The Kier molecular flexibility index (Phi) is 3.83. The van der Waals surface area contributed by atoms with Crippen molar-refractivity contribution in [2.45, 2.75) is 45.2 Å². The summed E-state index contributed by atoms with van der Waals surface area (Å²) in [7, 11) is 1.73. The predicted octanol–water partition coefficient (Wildman–Crippen LogP) is 2.90. The van der Waals surface area contributed by atoms with Crippen molar-refractivity contribution in [1.29, 1.82) is 0 Å². The van der Waals surface area contributed by atoms with E-state index in [-0.39, 0.29) is 0 Å². The highest BCUT2D eigenvalue weighted by atomic mass is 16.5. The summed E-state index contributed by atoms with van der Waals surface area (Å²) >= 11 is 0. The second kappa shape index (κ2) is 5.35. The van der Waals surface area contributed by atoms with Gasteiger partial charge in [-0.05, 0) is 36.1 Å². The minimum atomic E-state index is 0.652. The summed E-state index contributed by atoms with van der Waals surface area (Å²) in [5.74, 6) is 0.981. The van der Waals surface area contributed by atoms with Gasteiger partial charge in [0, 0.05) is 12.6 Å². The van der Waals surface area contributed by atoms with Gasteiger partial charge in [-0.15, -0.1) is 0 Å². The zero-order valence-electron chi connectivity index (χ0n) is 10.3. The number of benzene rings is 1. The molecule has 0 aromatic heterocycles. The quantitative estimate of drug-likeness (QED) is 0.840. The van der Waals surface area contributed by atoms with Gasteiger partial charge in [-0.2, -0.15) is 0 Å². The summed E-state index contributed by atoms with van der Waals surface area (Å²) in [6, 6.07) is 7.07. The maximum absolute atomic E-state index is 5.28. The van der Waals surface area contributed by atoms with Gasteiger partial charge in [-0.25, -0.2) is 0 Å². The van der Waals surface area contributed by atoms with Crippen molar-refractivity contribution in [3.8, 4) is 5.75 Å². The molecule has 0 saturated heterocycles. The number of hydrogen-bond donors (Lipinski definition) is 1. The van der Waals surface area contributed by atoms with Gasteiger partial charge in [0.25, 0.3) is 0 Å². The van der Waals surface area contributed by atoms with Crippen molar-refractivity contribution in [1.82, 2.24) is 5.32 Å². The third-order valence-corrected chi connectivity index (χ3v) is 3.37. The number of rotatable bonds is 4. The van der Waals surface area contributed by atoms with E-state index in [4.69, 9.17) is 4.74 Å². The van der Waals surface area contributed by atoms with E-state index in [1.807, 2.05) is 6.07 Å². The molecule has 1 aliphatic heterocycles. The van der Waals surface area contributed by atoms with Crippen molar-refractivity contribution in [3.05, 3.63) is 29.3 Å². The molecule has 0 aliphatic carbocycles. The number of methoxy groups -OCH3 is 1. The van der Waals surface area contributed by atoms with Crippen LogP contribution in [-0.4, -0.2) is 13.2 Å². The minimum absolute atomic E-state index is 0.652. The van der Waals surface area contributed by atoms with Gasteiger partial charge in [-0.3, -0.25) is 0 Å². The third-order valence-electron chi connectivity index (χ3n) is 3.37. The Hall–Kier alpha value is -1.02. The smallest absolute Gasteiger partial charge is 0.119 e. The first-order valence-corrected chi connectivity index (χ1v) is 6.22. The topological polar surface area (TPSA) is 21.3 Å². The highest BCUT2D eigenvalue weighted by Crippen LogP contribution is 2.23. The van der Waals surface area contributed by atoms with E-state index in [2.05, 4.69) is 24.4 Å². The fourth-order valence-electron chi connectivity index (χ4n) is 2.34. The summed E-state index contributed by atoms with van der Waals surface area (Å²) < 4.78 is 5.28. The van der Waals surface area contributed by atoms with Crippen LogP contribution < -0.4 is 10.1 Å². The molecule has 0 spiro atoms. The van der Waals surface area contributed by atoms with E-state index in [9.17, 15) is 0 Å². The summed E-state index contributed by atoms with van der Waals surface area (Å²) in [4.78, 5) is 0. The van der Waals surface area contributed by atoms with Crippen LogP contribution in [0.5, 0.6) is 5.75 Å². The first-order valence-electron chi connectivity index (χ1n) is 6.22. The fourth-order valence-corrected chi connectivity index (χ4v) is 2.34. The molecule has 0 bridgehead atoms. The molecular formula is C14H21NO. The second-order valence-corrected chi connectivity index (χ2v) is 4.56. The second-order valence-electron chi connectivity index (χ2n) is 4.56. The summed E-state index contributed by atoms with van der Waals surface area (Å²) in [6.45, 7) is 3.26. The lowest BCUT2D eigenvalue weighted by atomic mass is 9.93. The number of nitrogens with one attached hydrogen (secondary N) is 1. The van der Waals surface area contributed by atoms with Gasteiger partial charge < -0.3 is 10.1 Å². The van der Waals surface area contributed by atoms with Crippen LogP contribution in [0.25, 0.3) is 0 Å². The van der Waals surface area contributed by atoms with E-state index in [0.29, 0.717) is 6.04 Å². The van der Waals surface area contributed by atoms with Gasteiger partial charge in [-0.1, -0.05) is 25.8 Å². The average Bonchev–Trinajstić information content (AvgIpc) is 2.35. The Bertz CT molecular complexity index is 349. The Morgan fingerprint density at radius 1 is 1.38 bits per heavy atom. The lowest BCUT2D eigenvalue weighted by Gasteiger charge is -2.26. The zero-order valence-corrected chi connectivity index (χ0v) is 10.3. The van der Waals surface area contributed by atoms with Crippen LogP contribution in [0.15, 0.2) is 18.2 Å². The number of hydrogen-bond acceptors (Lipinski definition) is 2. The molecule has 88 valence electrons. The van der Waals surface area contributed by atoms with Gasteiger partial charge in [0.05, 0.1) is 7.11 Å². The van der Waals surface area contributed by atoms with E-state index in [1.54, 1.807) is 7.11 Å². The number of fused-ring (bicyclic) bond motifs is 1. The van der Waals surface area contributed by atoms with Crippen LogP contribution in [0.4, 0.5) is 0 Å². The molecule has 2 nitrogen and oxygen atoms in total. The average molecular weight is 219 g/mol. The van der Waals surface area contributed by atoms with Crippen LogP contribution in [0.2, 0.25) is 0 Å². The molecule has 1 heterocycles. The summed E-state index contributed by atoms with van der Waals surface area (Å²) in [5.41, 5.74) is 2.88. The van der Waals surface area contributed by atoms with E-state index >= 15 is 0 Å². The molecule has 0 saturated carbocycles. The lowest BCUT2D eigenvalue weighted by Crippen LogP contribution is -2.35. The van der Waals surface area contributed by atoms with E-state index in [1.165, 1.54) is 30.4 Å². The standard InChI is InChI=1S/C14H21NO/c1-3-4-5-13-8-12-9-14(16-2)7-6-11(12)10-15-13/h6-7,9,13,15H,3-5,8,10H2,1-2H3. The van der Waals surface area contributed by atoms with Crippen molar-refractivity contribution in [2.24, 2.45) is 0 Å². The maximum Gasteiger partial charge on any atom is 0.119 e. The van der Waals surface area contributed by atoms with Crippen molar-refractivity contribution < 1.29 is 4.74 Å². The Labute approximate surface area is 98.0 Å². The molecule has 2 heteroatoms. The van der Waals surface area contributed by atoms with Gasteiger partial charge in [0.2, 0.25) is 0 Å². The van der Waals surface area contributed by atoms with Crippen LogP contribution in [0.3, 0.4) is 0 Å². The molecule has 0 fully saturated rings. The highest BCUT2D eigenvalue weighted by molar-refractivity contribution is 5.37. The molecule has 1 unspecified atom stereocenters. The molecule has 1 aromatic rings. The van der Waals surface area contributed by atoms with E-state index in [0.717, 1.165) is 18.7 Å². The third kappa shape index (κ3) is 2.56.